The summed E-state index contributed by atoms with van der Waals surface area (Å²) in [6, 6.07) is 77.8. The van der Waals surface area contributed by atoms with Gasteiger partial charge < -0.3 is 0 Å². The topological polar surface area (TPSA) is 105 Å². The summed E-state index contributed by atoms with van der Waals surface area (Å²) in [5.74, 6) is -3.33. The van der Waals surface area contributed by atoms with Crippen molar-refractivity contribution in [3.8, 4) is 0 Å². The molecule has 0 atom stereocenters. The number of carbonyl (C=O) groups excluding carboxylic acids is 4. The zero-order chi connectivity index (χ0) is 74.0. The van der Waals surface area contributed by atoms with Crippen molar-refractivity contribution in [3.63, 3.8) is 0 Å². The third kappa shape index (κ3) is 23.2. The molecule has 0 aliphatic rings. The molecule has 0 N–H and O–H groups in total. The molecule has 0 radical (unpaired) electrons. The van der Waals surface area contributed by atoms with Gasteiger partial charge in [-0.15, -0.1) is 0 Å². The Morgan fingerprint density at radius 3 is 0.457 bits per heavy atom. The summed E-state index contributed by atoms with van der Waals surface area (Å²) in [6.07, 6.45) is 33.6. The molecular weight excluding hydrogens is 1400 g/mol. The monoisotopic (exact) mass is 1520 g/mol. The fraction of sp³-hybridized carbons (Fsp3) is 0.458. The summed E-state index contributed by atoms with van der Waals surface area (Å²) in [4.78, 5) is 70.8. The van der Waals surface area contributed by atoms with Crippen LogP contribution in [0.5, 0.6) is 0 Å². The SMILES string of the molecule is CCCCCCCCCCC(C(=O)[O][Sn]([O]C(=O)C(CCCCCCCCCC)(c1ccccc1)c1ccccc1)([O]C(=O)C(CCCCCCCCCC)(c1ccccc1)c1ccccc1)[O]C(=O)C(CCCCCCCCCC)(c1ccccc1)c1ccccc1)(c1ccccc1)c1ccccc1. The third-order valence-corrected chi connectivity index (χ3v) is 27.0. The number of benzene rings is 8. The molecule has 9 heteroatoms. The molecule has 0 bridgehead atoms. The zero-order valence-corrected chi connectivity index (χ0v) is 67.2. The summed E-state index contributed by atoms with van der Waals surface area (Å²) in [5.41, 5.74) is -1.36. The summed E-state index contributed by atoms with van der Waals surface area (Å²) in [5, 5.41) is 0. The summed E-state index contributed by atoms with van der Waals surface area (Å²) in [6.45, 7) is 8.93. The first-order valence-electron chi connectivity index (χ1n) is 41.0. The Balaban J connectivity index is 1.44. The van der Waals surface area contributed by atoms with E-state index in [1.807, 2.05) is 243 Å². The summed E-state index contributed by atoms with van der Waals surface area (Å²) < 4.78 is 30.6. The molecule has 0 aromatic heterocycles. The Bertz CT molecular complexity index is 3020. The van der Waals surface area contributed by atoms with E-state index in [0.717, 1.165) is 128 Å². The van der Waals surface area contributed by atoms with Crippen LogP contribution in [0.15, 0.2) is 243 Å². The van der Waals surface area contributed by atoms with Crippen molar-refractivity contribution in [1.29, 1.82) is 0 Å². The van der Waals surface area contributed by atoms with Gasteiger partial charge in [0.25, 0.3) is 0 Å². The average molecular weight is 1520 g/mol. The van der Waals surface area contributed by atoms with Crippen LogP contribution < -0.4 is 0 Å². The quantitative estimate of drug-likeness (QED) is 0.0274. The number of unbranched alkanes of at least 4 members (excludes halogenated alkanes) is 28. The zero-order valence-electron chi connectivity index (χ0n) is 64.3. The average Bonchev–Trinajstić information content (AvgIpc) is 0.736. The molecule has 8 aromatic carbocycles. The van der Waals surface area contributed by atoms with E-state index in [9.17, 15) is 0 Å². The van der Waals surface area contributed by atoms with Crippen LogP contribution in [0.4, 0.5) is 0 Å². The van der Waals surface area contributed by atoms with E-state index in [1.54, 1.807) is 0 Å². The van der Waals surface area contributed by atoms with Gasteiger partial charge in [0, 0.05) is 0 Å². The van der Waals surface area contributed by atoms with Crippen LogP contribution in [0.1, 0.15) is 303 Å². The van der Waals surface area contributed by atoms with Crippen molar-refractivity contribution in [3.05, 3.63) is 287 Å². The molecule has 0 aliphatic carbocycles. The van der Waals surface area contributed by atoms with Gasteiger partial charge in [-0.3, -0.25) is 0 Å². The Morgan fingerprint density at radius 1 is 0.200 bits per heavy atom. The van der Waals surface area contributed by atoms with Gasteiger partial charge in [-0.05, 0) is 0 Å². The van der Waals surface area contributed by atoms with Gasteiger partial charge in [-0.1, -0.05) is 27.7 Å². The van der Waals surface area contributed by atoms with Gasteiger partial charge in [0.15, 0.2) is 0 Å². The second kappa shape index (κ2) is 45.8. The standard InChI is InChI=1S/4C24H32O2.Sn/c4*1-2-3-4-5-6-7-8-15-20-24(23(25)26,21-16-11-9-12-17-21)22-18-13-10-14-19-22;/h4*9-14,16-19H,2-8,15,20H2,1H3,(H,25,26);/q;;;;+4/p-4. The Morgan fingerprint density at radius 2 is 0.324 bits per heavy atom. The first-order valence-corrected chi connectivity index (χ1v) is 45.6. The molecule has 0 saturated carbocycles. The second-order valence-electron chi connectivity index (χ2n) is 29.5. The van der Waals surface area contributed by atoms with Crippen molar-refractivity contribution in [1.82, 2.24) is 0 Å². The molecule has 8 nitrogen and oxygen atoms in total. The van der Waals surface area contributed by atoms with Gasteiger partial charge in [0.1, 0.15) is 0 Å². The van der Waals surface area contributed by atoms with Crippen LogP contribution in [0.3, 0.4) is 0 Å². The Labute approximate surface area is 638 Å². The predicted octanol–water partition coefficient (Wildman–Crippen LogP) is 25.7. The van der Waals surface area contributed by atoms with E-state index in [1.165, 1.54) is 51.4 Å². The van der Waals surface area contributed by atoms with Crippen LogP contribution in [-0.4, -0.2) is 43.9 Å². The Kier molecular flexibility index (Phi) is 36.3. The van der Waals surface area contributed by atoms with Crippen molar-refractivity contribution >= 4 is 43.9 Å². The van der Waals surface area contributed by atoms with E-state index >= 15 is 19.2 Å². The molecule has 105 heavy (non-hydrogen) atoms. The first-order chi connectivity index (χ1) is 51.6. The molecule has 8 aromatic rings. The number of rotatable bonds is 52. The van der Waals surface area contributed by atoms with Crippen LogP contribution in [-0.2, 0) is 53.1 Å². The van der Waals surface area contributed by atoms with Gasteiger partial charge in [0.2, 0.25) is 0 Å². The normalized spacial score (nSPS) is 12.0. The molecule has 0 heterocycles. The van der Waals surface area contributed by atoms with E-state index in [0.29, 0.717) is 70.2 Å². The molecule has 0 aliphatic heterocycles. The van der Waals surface area contributed by atoms with E-state index in [4.69, 9.17) is 12.3 Å². The van der Waals surface area contributed by atoms with Crippen molar-refractivity contribution in [2.75, 3.05) is 0 Å². The fourth-order valence-electron chi connectivity index (χ4n) is 16.0. The van der Waals surface area contributed by atoms with E-state index < -0.39 is 65.6 Å². The van der Waals surface area contributed by atoms with Crippen LogP contribution >= 0.6 is 0 Å². The molecule has 0 spiro atoms. The predicted molar refractivity (Wildman–Crippen MR) is 434 cm³/mol. The number of carbonyl (C=O) groups is 4. The molecule has 0 amide bonds. The third-order valence-electron chi connectivity index (χ3n) is 22.0. The van der Waals surface area contributed by atoms with Crippen LogP contribution in [0, 0.1) is 0 Å². The van der Waals surface area contributed by atoms with Gasteiger partial charge in [0.05, 0.1) is 0 Å². The molecule has 0 saturated heterocycles. The van der Waals surface area contributed by atoms with Crippen molar-refractivity contribution in [2.24, 2.45) is 0 Å². The Hall–Kier alpha value is -7.56. The summed E-state index contributed by atoms with van der Waals surface area (Å²) >= 11 is -7.60. The first kappa shape index (κ1) is 83.1. The number of hydrogen-bond acceptors (Lipinski definition) is 8. The van der Waals surface area contributed by atoms with E-state index in [2.05, 4.69) is 27.7 Å². The maximum atomic E-state index is 17.7. The van der Waals surface area contributed by atoms with Gasteiger partial charge >= 0.3 is 615 Å². The van der Waals surface area contributed by atoms with Crippen LogP contribution in [0.25, 0.3) is 0 Å². The van der Waals surface area contributed by atoms with Gasteiger partial charge in [-0.2, -0.15) is 0 Å². The minimum absolute atomic E-state index is 0.274. The minimum atomic E-state index is -7.60. The van der Waals surface area contributed by atoms with Crippen LogP contribution in [0.2, 0.25) is 0 Å². The molecule has 0 unspecified atom stereocenters. The fourth-order valence-corrected chi connectivity index (χ4v) is 21.3. The molecular formula is C96H124O8Sn. The molecule has 560 valence electrons. The van der Waals surface area contributed by atoms with Gasteiger partial charge in [-0.25, -0.2) is 0 Å². The molecule has 0 fully saturated rings. The van der Waals surface area contributed by atoms with Crippen molar-refractivity contribution in [2.45, 2.75) is 281 Å². The summed E-state index contributed by atoms with van der Waals surface area (Å²) in [7, 11) is 0. The number of hydrogen-bond donors (Lipinski definition) is 0. The van der Waals surface area contributed by atoms with Crippen molar-refractivity contribution < 1.29 is 31.5 Å². The second-order valence-corrected chi connectivity index (χ2v) is 34.7. The molecule has 8 rings (SSSR count). The van der Waals surface area contributed by atoms with E-state index in [-0.39, 0.29) is 25.7 Å². The maximum absolute atomic E-state index is 17.7.